The fourth-order valence-electron chi connectivity index (χ4n) is 2.76. The van der Waals surface area contributed by atoms with Gasteiger partial charge in [0, 0.05) is 16.7 Å². The van der Waals surface area contributed by atoms with Crippen molar-refractivity contribution in [1.29, 1.82) is 0 Å². The number of ether oxygens (including phenoxy) is 3. The van der Waals surface area contributed by atoms with Crippen molar-refractivity contribution in [3.8, 4) is 17.2 Å². The van der Waals surface area contributed by atoms with Gasteiger partial charge in [-0.3, -0.25) is 4.90 Å². The molecule has 2 heterocycles. The zero-order valence-corrected chi connectivity index (χ0v) is 12.2. The van der Waals surface area contributed by atoms with Crippen LogP contribution < -0.4 is 19.1 Å². The first-order valence-corrected chi connectivity index (χ1v) is 7.30. The molecule has 5 heteroatoms. The first kappa shape index (κ1) is 12.8. The van der Waals surface area contributed by atoms with Crippen molar-refractivity contribution >= 4 is 11.6 Å². The highest BCUT2D eigenvalue weighted by Crippen LogP contribution is 2.38. The van der Waals surface area contributed by atoms with Crippen LogP contribution in [0.4, 0.5) is 0 Å². The summed E-state index contributed by atoms with van der Waals surface area (Å²) in [6, 6.07) is 11.9. The Morgan fingerprint density at radius 2 is 1.81 bits per heavy atom. The second-order valence-electron chi connectivity index (χ2n) is 5.30. The van der Waals surface area contributed by atoms with Gasteiger partial charge in [0.25, 0.3) is 0 Å². The van der Waals surface area contributed by atoms with E-state index in [0.29, 0.717) is 6.73 Å². The van der Waals surface area contributed by atoms with Crippen molar-refractivity contribution in [1.82, 2.24) is 0 Å². The number of halogens is 1. The Labute approximate surface area is 127 Å². The minimum atomic E-state index is 0.286. The molecule has 0 bridgehead atoms. The van der Waals surface area contributed by atoms with Crippen LogP contribution in [0.5, 0.6) is 17.2 Å². The van der Waals surface area contributed by atoms with Gasteiger partial charge in [-0.05, 0) is 12.1 Å². The molecule has 0 saturated heterocycles. The Hall–Kier alpha value is -1.91. The minimum absolute atomic E-state index is 0.286. The Kier molecular flexibility index (Phi) is 3.13. The normalized spacial score (nSPS) is 19.0. The van der Waals surface area contributed by atoms with Gasteiger partial charge in [0.15, 0.2) is 11.5 Å². The molecule has 21 heavy (non-hydrogen) atoms. The van der Waals surface area contributed by atoms with Crippen LogP contribution in [0.25, 0.3) is 0 Å². The van der Waals surface area contributed by atoms with Gasteiger partial charge in [0.1, 0.15) is 18.8 Å². The van der Waals surface area contributed by atoms with Crippen LogP contribution in [0.15, 0.2) is 36.4 Å². The summed E-state index contributed by atoms with van der Waals surface area (Å²) in [4.78, 5) is 1.31. The maximum Gasteiger partial charge on any atom is 0.231 e. The lowest BCUT2D eigenvalue weighted by molar-refractivity contribution is -0.945. The fraction of sp³-hybridized carbons (Fsp3) is 0.250. The zero-order valence-electron chi connectivity index (χ0n) is 11.4. The molecule has 2 aliphatic rings. The summed E-state index contributed by atoms with van der Waals surface area (Å²) >= 11 is 6.23. The molecule has 108 valence electrons. The quantitative estimate of drug-likeness (QED) is 0.921. The number of nitrogens with one attached hydrogen (secondary N) is 1. The van der Waals surface area contributed by atoms with E-state index in [9.17, 15) is 0 Å². The minimum Gasteiger partial charge on any atom is -0.454 e. The molecule has 0 fully saturated rings. The zero-order chi connectivity index (χ0) is 14.2. The van der Waals surface area contributed by atoms with E-state index in [-0.39, 0.29) is 6.79 Å². The number of fused-ring (bicyclic) bond motifs is 2. The standard InChI is InChI=1S/C16H14ClNO3/c17-13-4-2-1-3-11(13)7-18-8-12-5-15-16(21-10-20-15)6-14(12)19-9-18/h1-6H,7-10H2/p+1. The molecule has 0 aromatic heterocycles. The van der Waals surface area contributed by atoms with Gasteiger partial charge in [0.05, 0.1) is 5.56 Å². The molecular weight excluding hydrogens is 290 g/mol. The molecule has 0 saturated carbocycles. The van der Waals surface area contributed by atoms with Gasteiger partial charge in [-0.15, -0.1) is 0 Å². The monoisotopic (exact) mass is 304 g/mol. The highest BCUT2D eigenvalue weighted by molar-refractivity contribution is 6.31. The van der Waals surface area contributed by atoms with Crippen molar-refractivity contribution < 1.29 is 19.1 Å². The van der Waals surface area contributed by atoms with Crippen LogP contribution >= 0.6 is 11.6 Å². The molecular formula is C16H15ClNO3+. The first-order valence-electron chi connectivity index (χ1n) is 6.92. The van der Waals surface area contributed by atoms with E-state index in [1.807, 2.05) is 30.3 Å². The Morgan fingerprint density at radius 3 is 2.67 bits per heavy atom. The first-order chi connectivity index (χ1) is 10.3. The topological polar surface area (TPSA) is 32.1 Å². The van der Waals surface area contributed by atoms with Crippen molar-refractivity contribution in [3.05, 3.63) is 52.5 Å². The lowest BCUT2D eigenvalue weighted by atomic mass is 10.1. The number of hydrogen-bond acceptors (Lipinski definition) is 3. The van der Waals surface area contributed by atoms with E-state index in [1.54, 1.807) is 0 Å². The fourth-order valence-corrected chi connectivity index (χ4v) is 2.97. The average Bonchev–Trinajstić information content (AvgIpc) is 2.94. The molecule has 1 atom stereocenters. The van der Waals surface area contributed by atoms with Crippen molar-refractivity contribution in [2.24, 2.45) is 0 Å². The van der Waals surface area contributed by atoms with Gasteiger partial charge in [-0.2, -0.15) is 0 Å². The van der Waals surface area contributed by atoms with E-state index in [0.717, 1.165) is 46.5 Å². The Morgan fingerprint density at radius 1 is 1.00 bits per heavy atom. The maximum absolute atomic E-state index is 6.23. The molecule has 2 aromatic rings. The van der Waals surface area contributed by atoms with Crippen LogP contribution in [0.2, 0.25) is 5.02 Å². The third-order valence-corrected chi connectivity index (χ3v) is 4.19. The smallest absolute Gasteiger partial charge is 0.231 e. The molecule has 4 rings (SSSR count). The van der Waals surface area contributed by atoms with E-state index < -0.39 is 0 Å². The van der Waals surface area contributed by atoms with Gasteiger partial charge in [-0.25, -0.2) is 0 Å². The molecule has 0 amide bonds. The summed E-state index contributed by atoms with van der Waals surface area (Å²) in [6.07, 6.45) is 0. The van der Waals surface area contributed by atoms with E-state index in [1.165, 1.54) is 4.90 Å². The van der Waals surface area contributed by atoms with Crippen LogP contribution in [0, 0.1) is 0 Å². The number of hydrogen-bond donors (Lipinski definition) is 1. The Balaban J connectivity index is 1.55. The summed E-state index contributed by atoms with van der Waals surface area (Å²) < 4.78 is 16.7. The van der Waals surface area contributed by atoms with Gasteiger partial charge in [-0.1, -0.05) is 29.8 Å². The third-order valence-electron chi connectivity index (χ3n) is 3.83. The molecule has 2 aliphatic heterocycles. The lowest BCUT2D eigenvalue weighted by Gasteiger charge is -2.26. The SMILES string of the molecule is Clc1ccccc1C[NH+]1COc2cc3c(cc2C1)OCO3. The van der Waals surface area contributed by atoms with Crippen LogP contribution in [-0.4, -0.2) is 13.5 Å². The van der Waals surface area contributed by atoms with E-state index in [2.05, 4.69) is 6.07 Å². The molecule has 1 N–H and O–H groups in total. The highest BCUT2D eigenvalue weighted by atomic mass is 35.5. The predicted molar refractivity (Wildman–Crippen MR) is 77.9 cm³/mol. The highest BCUT2D eigenvalue weighted by Gasteiger charge is 2.25. The summed E-state index contributed by atoms with van der Waals surface area (Å²) in [5.41, 5.74) is 2.29. The van der Waals surface area contributed by atoms with Crippen molar-refractivity contribution in [2.45, 2.75) is 13.1 Å². The summed E-state index contributed by atoms with van der Waals surface area (Å²) in [5.74, 6) is 2.46. The maximum atomic E-state index is 6.23. The van der Waals surface area contributed by atoms with Crippen LogP contribution in [0.3, 0.4) is 0 Å². The molecule has 0 radical (unpaired) electrons. The van der Waals surface area contributed by atoms with Crippen molar-refractivity contribution in [3.63, 3.8) is 0 Å². The largest absolute Gasteiger partial charge is 0.454 e. The second kappa shape index (κ2) is 5.13. The lowest BCUT2D eigenvalue weighted by Crippen LogP contribution is -3.10. The molecule has 1 unspecified atom stereocenters. The van der Waals surface area contributed by atoms with Crippen LogP contribution in [-0.2, 0) is 13.1 Å². The Bertz CT molecular complexity index is 689. The third kappa shape index (κ3) is 2.41. The predicted octanol–water partition coefficient (Wildman–Crippen LogP) is 2.00. The number of benzene rings is 2. The summed E-state index contributed by atoms with van der Waals surface area (Å²) in [7, 11) is 0. The van der Waals surface area contributed by atoms with Gasteiger partial charge in [0.2, 0.25) is 13.5 Å². The number of quaternary nitrogens is 1. The molecule has 2 aromatic carbocycles. The summed E-state index contributed by atoms with van der Waals surface area (Å²) in [6.45, 7) is 2.64. The van der Waals surface area contributed by atoms with Gasteiger partial charge < -0.3 is 14.2 Å². The van der Waals surface area contributed by atoms with Crippen molar-refractivity contribution in [2.75, 3.05) is 13.5 Å². The average molecular weight is 305 g/mol. The van der Waals surface area contributed by atoms with Gasteiger partial charge >= 0.3 is 0 Å². The molecule has 0 spiro atoms. The second-order valence-corrected chi connectivity index (χ2v) is 5.70. The molecule has 4 nitrogen and oxygen atoms in total. The van der Waals surface area contributed by atoms with E-state index >= 15 is 0 Å². The summed E-state index contributed by atoms with van der Waals surface area (Å²) in [5, 5.41) is 0.807. The number of rotatable bonds is 2. The van der Waals surface area contributed by atoms with Crippen LogP contribution in [0.1, 0.15) is 11.1 Å². The molecule has 0 aliphatic carbocycles. The van der Waals surface area contributed by atoms with E-state index in [4.69, 9.17) is 25.8 Å².